The summed E-state index contributed by atoms with van der Waals surface area (Å²) in [5.41, 5.74) is 1.07. The Kier molecular flexibility index (Phi) is 5.77. The maximum Gasteiger partial charge on any atom is 0.169 e. The van der Waals surface area contributed by atoms with Crippen LogP contribution in [0.1, 0.15) is 5.01 Å². The number of nitrogens with zero attached hydrogens (tertiary/aromatic N) is 2. The van der Waals surface area contributed by atoms with E-state index in [4.69, 9.17) is 17.0 Å². The Morgan fingerprint density at radius 2 is 2.17 bits per heavy atom. The molecule has 0 amide bonds. The van der Waals surface area contributed by atoms with Gasteiger partial charge in [0.1, 0.15) is 18.1 Å². The van der Waals surface area contributed by atoms with Crippen molar-refractivity contribution in [2.45, 2.75) is 6.54 Å². The van der Waals surface area contributed by atoms with E-state index in [1.54, 1.807) is 16.2 Å². The lowest BCUT2D eigenvalue weighted by atomic mass is 10.3. The quantitative estimate of drug-likeness (QED) is 0.769. The Morgan fingerprint density at radius 3 is 2.96 bits per heavy atom. The molecule has 1 fully saturated rings. The van der Waals surface area contributed by atoms with Crippen LogP contribution in [-0.4, -0.2) is 61.4 Å². The Morgan fingerprint density at radius 1 is 1.39 bits per heavy atom. The van der Waals surface area contributed by atoms with Crippen molar-refractivity contribution >= 4 is 38.9 Å². The number of thiocarbonyl (C=S) groups is 1. The third kappa shape index (κ3) is 4.60. The largest absolute Gasteiger partial charge is 0.370 e. The molecule has 7 heteroatoms. The predicted octanol–water partition coefficient (Wildman–Crippen LogP) is 0.518. The second-order valence-electron chi connectivity index (χ2n) is 5.78. The Hall–Kier alpha value is -1.28. The fraction of sp³-hybridized carbons (Fsp3) is 0.500. The minimum absolute atomic E-state index is 0.746. The van der Waals surface area contributed by atoms with Gasteiger partial charge in [0.25, 0.3) is 0 Å². The van der Waals surface area contributed by atoms with Gasteiger partial charge in [-0.05, 0) is 24.4 Å². The minimum Gasteiger partial charge on any atom is -0.370 e. The number of morpholine rings is 1. The highest BCUT2D eigenvalue weighted by atomic mass is 32.1. The molecule has 0 aliphatic carbocycles. The summed E-state index contributed by atoms with van der Waals surface area (Å²) in [6.07, 6.45) is 0. The molecular formula is C16H23N4OS2+. The van der Waals surface area contributed by atoms with Gasteiger partial charge in [0.15, 0.2) is 5.11 Å². The van der Waals surface area contributed by atoms with Crippen LogP contribution >= 0.6 is 23.6 Å². The maximum atomic E-state index is 5.48. The molecule has 0 bridgehead atoms. The third-order valence-electron chi connectivity index (χ3n) is 4.01. The average Bonchev–Trinajstić information content (AvgIpc) is 2.98. The highest BCUT2D eigenvalue weighted by Crippen LogP contribution is 2.22. The van der Waals surface area contributed by atoms with Crippen molar-refractivity contribution in [2.75, 3.05) is 46.4 Å². The van der Waals surface area contributed by atoms with Crippen LogP contribution in [-0.2, 0) is 11.3 Å². The van der Waals surface area contributed by atoms with E-state index in [1.165, 1.54) is 4.70 Å². The molecule has 0 radical (unpaired) electrons. The first-order valence-electron chi connectivity index (χ1n) is 7.97. The van der Waals surface area contributed by atoms with Crippen molar-refractivity contribution in [1.29, 1.82) is 0 Å². The molecule has 0 saturated carbocycles. The van der Waals surface area contributed by atoms with E-state index >= 15 is 0 Å². The van der Waals surface area contributed by atoms with Crippen molar-refractivity contribution in [1.82, 2.24) is 15.2 Å². The van der Waals surface area contributed by atoms with Gasteiger partial charge in [-0.15, -0.1) is 11.3 Å². The molecule has 2 aromatic rings. The molecular weight excluding hydrogens is 328 g/mol. The van der Waals surface area contributed by atoms with Crippen LogP contribution in [0.2, 0.25) is 0 Å². The van der Waals surface area contributed by atoms with Gasteiger partial charge in [-0.1, -0.05) is 12.1 Å². The van der Waals surface area contributed by atoms with E-state index in [1.807, 2.05) is 19.2 Å². The third-order valence-corrected chi connectivity index (χ3v) is 5.49. The predicted molar refractivity (Wildman–Crippen MR) is 98.1 cm³/mol. The Balaban J connectivity index is 1.45. The summed E-state index contributed by atoms with van der Waals surface area (Å²) >= 11 is 7.21. The van der Waals surface area contributed by atoms with Crippen LogP contribution in [0.5, 0.6) is 0 Å². The van der Waals surface area contributed by atoms with E-state index in [0.717, 1.165) is 61.6 Å². The fourth-order valence-electron chi connectivity index (χ4n) is 2.65. The van der Waals surface area contributed by atoms with Crippen LogP contribution in [0.3, 0.4) is 0 Å². The second kappa shape index (κ2) is 8.01. The lowest BCUT2D eigenvalue weighted by molar-refractivity contribution is -0.906. The summed E-state index contributed by atoms with van der Waals surface area (Å²) in [7, 11) is 2.02. The van der Waals surface area contributed by atoms with E-state index in [0.29, 0.717) is 0 Å². The first-order chi connectivity index (χ1) is 11.2. The molecule has 0 unspecified atom stereocenters. The van der Waals surface area contributed by atoms with Crippen LogP contribution in [0.15, 0.2) is 24.3 Å². The van der Waals surface area contributed by atoms with E-state index in [-0.39, 0.29) is 0 Å². The zero-order valence-electron chi connectivity index (χ0n) is 13.4. The van der Waals surface area contributed by atoms with Gasteiger partial charge >= 0.3 is 0 Å². The molecule has 0 atom stereocenters. The van der Waals surface area contributed by atoms with Crippen LogP contribution in [0.4, 0.5) is 0 Å². The fourth-order valence-corrected chi connectivity index (χ4v) is 3.84. The molecule has 124 valence electrons. The minimum atomic E-state index is 0.746. The number of thiazole rings is 1. The molecule has 1 saturated heterocycles. The van der Waals surface area contributed by atoms with Gasteiger partial charge in [0.2, 0.25) is 0 Å². The lowest BCUT2D eigenvalue weighted by Crippen LogP contribution is -3.14. The standard InChI is InChI=1S/C16H22N4OS2/c1-19(12-15-18-13-4-2-3-5-14(13)23-15)16(22)17-6-7-20-8-10-21-11-9-20/h2-5H,6-12H2,1H3,(H,17,22)/p+1. The number of para-hydroxylation sites is 1. The average molecular weight is 352 g/mol. The molecule has 2 N–H and O–H groups in total. The summed E-state index contributed by atoms with van der Waals surface area (Å²) in [4.78, 5) is 8.30. The van der Waals surface area contributed by atoms with Crippen molar-refractivity contribution in [3.63, 3.8) is 0 Å². The van der Waals surface area contributed by atoms with Gasteiger partial charge < -0.3 is 19.9 Å². The molecule has 1 aliphatic rings. The van der Waals surface area contributed by atoms with Gasteiger partial charge in [-0.25, -0.2) is 4.98 Å². The van der Waals surface area contributed by atoms with Gasteiger partial charge in [-0.3, -0.25) is 0 Å². The molecule has 1 aromatic carbocycles. The van der Waals surface area contributed by atoms with Crippen molar-refractivity contribution < 1.29 is 9.64 Å². The van der Waals surface area contributed by atoms with Gasteiger partial charge in [0, 0.05) is 7.05 Å². The molecule has 0 spiro atoms. The summed E-state index contributed by atoms with van der Waals surface area (Å²) < 4.78 is 6.60. The molecule has 1 aliphatic heterocycles. The number of nitrogens with one attached hydrogen (secondary N) is 2. The van der Waals surface area contributed by atoms with Gasteiger partial charge in [-0.2, -0.15) is 0 Å². The molecule has 5 nitrogen and oxygen atoms in total. The number of quaternary nitrogens is 1. The monoisotopic (exact) mass is 351 g/mol. The lowest BCUT2D eigenvalue weighted by Gasteiger charge is -2.25. The molecule has 3 rings (SSSR count). The zero-order chi connectivity index (χ0) is 16.1. The van der Waals surface area contributed by atoms with Gasteiger partial charge in [0.05, 0.1) is 43.1 Å². The topological polar surface area (TPSA) is 41.8 Å². The normalized spacial score (nSPS) is 15.7. The van der Waals surface area contributed by atoms with Crippen molar-refractivity contribution in [2.24, 2.45) is 0 Å². The number of rotatable bonds is 5. The zero-order valence-corrected chi connectivity index (χ0v) is 15.0. The number of hydrogen-bond donors (Lipinski definition) is 2. The number of hydrogen-bond acceptors (Lipinski definition) is 4. The van der Waals surface area contributed by atoms with E-state index in [2.05, 4.69) is 27.3 Å². The first kappa shape index (κ1) is 16.6. The Labute approximate surface area is 146 Å². The summed E-state index contributed by atoms with van der Waals surface area (Å²) in [5, 5.41) is 5.24. The van der Waals surface area contributed by atoms with E-state index in [9.17, 15) is 0 Å². The number of benzene rings is 1. The highest BCUT2D eigenvalue weighted by Gasteiger charge is 2.14. The molecule has 23 heavy (non-hydrogen) atoms. The van der Waals surface area contributed by atoms with Crippen molar-refractivity contribution in [3.05, 3.63) is 29.3 Å². The first-order valence-corrected chi connectivity index (χ1v) is 9.19. The summed E-state index contributed by atoms with van der Waals surface area (Å²) in [5.74, 6) is 0. The molecule has 2 heterocycles. The number of aromatic nitrogens is 1. The number of fused-ring (bicyclic) bond motifs is 1. The van der Waals surface area contributed by atoms with Crippen LogP contribution in [0.25, 0.3) is 10.2 Å². The smallest absolute Gasteiger partial charge is 0.169 e. The second-order valence-corrected chi connectivity index (χ2v) is 7.28. The van der Waals surface area contributed by atoms with E-state index < -0.39 is 0 Å². The SMILES string of the molecule is CN(Cc1nc2ccccc2s1)C(=S)NCC[NH+]1CCOCC1. The maximum absolute atomic E-state index is 5.48. The van der Waals surface area contributed by atoms with Crippen molar-refractivity contribution in [3.8, 4) is 0 Å². The highest BCUT2D eigenvalue weighted by molar-refractivity contribution is 7.80. The summed E-state index contributed by atoms with van der Waals surface area (Å²) in [6, 6.07) is 8.24. The number of ether oxygens (including phenoxy) is 1. The molecule has 1 aromatic heterocycles. The summed E-state index contributed by atoms with van der Waals surface area (Å²) in [6.45, 7) is 6.66. The van der Waals surface area contributed by atoms with Crippen LogP contribution < -0.4 is 10.2 Å². The Bertz CT molecular complexity index is 621. The van der Waals surface area contributed by atoms with Crippen LogP contribution in [0, 0.1) is 0 Å².